The van der Waals surface area contributed by atoms with Crippen molar-refractivity contribution in [2.75, 3.05) is 20.1 Å². The summed E-state index contributed by atoms with van der Waals surface area (Å²) in [6.07, 6.45) is 0.783. The molecule has 0 atom stereocenters. The molecule has 5 heteroatoms. The highest BCUT2D eigenvalue weighted by atomic mass is 16.2. The maximum Gasteiger partial charge on any atom is 0.325 e. The number of nitrogens with one attached hydrogen (secondary N) is 2. The average molecular weight is 199 g/mol. The molecule has 0 radical (unpaired) electrons. The van der Waals surface area contributed by atoms with Crippen LogP contribution in [0, 0.1) is 0 Å². The van der Waals surface area contributed by atoms with Crippen molar-refractivity contribution in [2.24, 2.45) is 0 Å². The third-order valence-electron chi connectivity index (χ3n) is 2.25. The molecular weight excluding hydrogens is 182 g/mol. The van der Waals surface area contributed by atoms with E-state index in [1.165, 1.54) is 4.90 Å². The lowest BCUT2D eigenvalue weighted by molar-refractivity contribution is -0.130. The van der Waals surface area contributed by atoms with E-state index < -0.39 is 5.54 Å². The van der Waals surface area contributed by atoms with E-state index in [0.29, 0.717) is 6.54 Å². The Morgan fingerprint density at radius 2 is 2.07 bits per heavy atom. The van der Waals surface area contributed by atoms with Gasteiger partial charge in [-0.1, -0.05) is 0 Å². The van der Waals surface area contributed by atoms with Crippen molar-refractivity contribution in [1.82, 2.24) is 15.5 Å². The third kappa shape index (κ3) is 2.04. The van der Waals surface area contributed by atoms with Gasteiger partial charge in [-0.25, -0.2) is 4.79 Å². The Bertz CT molecular complexity index is 250. The van der Waals surface area contributed by atoms with Crippen LogP contribution >= 0.6 is 0 Å². The number of hydrogen-bond donors (Lipinski definition) is 2. The summed E-state index contributed by atoms with van der Waals surface area (Å²) in [6, 6.07) is -0.281. The smallest absolute Gasteiger partial charge is 0.324 e. The first kappa shape index (κ1) is 11.0. The highest BCUT2D eigenvalue weighted by Crippen LogP contribution is 2.16. The first-order valence-corrected chi connectivity index (χ1v) is 4.78. The van der Waals surface area contributed by atoms with Crippen LogP contribution in [0.1, 0.15) is 20.3 Å². The van der Waals surface area contributed by atoms with E-state index in [9.17, 15) is 9.59 Å². The molecule has 0 aromatic heterocycles. The van der Waals surface area contributed by atoms with Gasteiger partial charge in [0.2, 0.25) is 0 Å². The Morgan fingerprint density at radius 1 is 1.43 bits per heavy atom. The molecule has 3 amide bonds. The number of hydrogen-bond acceptors (Lipinski definition) is 3. The molecular formula is C9H17N3O2. The lowest BCUT2D eigenvalue weighted by atomic mass is 10.1. The Kier molecular flexibility index (Phi) is 3.10. The molecule has 5 nitrogen and oxygen atoms in total. The van der Waals surface area contributed by atoms with Gasteiger partial charge in [0.1, 0.15) is 5.54 Å². The largest absolute Gasteiger partial charge is 0.325 e. The van der Waals surface area contributed by atoms with Gasteiger partial charge in [-0.15, -0.1) is 0 Å². The molecule has 1 rings (SSSR count). The van der Waals surface area contributed by atoms with Gasteiger partial charge in [0.15, 0.2) is 0 Å². The summed E-state index contributed by atoms with van der Waals surface area (Å²) < 4.78 is 0. The zero-order valence-corrected chi connectivity index (χ0v) is 8.89. The lowest BCUT2D eigenvalue weighted by Crippen LogP contribution is -2.40. The first-order valence-electron chi connectivity index (χ1n) is 4.78. The Hall–Kier alpha value is -1.10. The molecule has 14 heavy (non-hydrogen) atoms. The van der Waals surface area contributed by atoms with E-state index in [2.05, 4.69) is 10.6 Å². The molecule has 1 aliphatic rings. The summed E-state index contributed by atoms with van der Waals surface area (Å²) in [4.78, 5) is 24.3. The zero-order valence-electron chi connectivity index (χ0n) is 8.89. The number of imide groups is 1. The van der Waals surface area contributed by atoms with Gasteiger partial charge in [0.05, 0.1) is 0 Å². The van der Waals surface area contributed by atoms with Crippen LogP contribution in [0.5, 0.6) is 0 Å². The van der Waals surface area contributed by atoms with Crippen LogP contribution in [0.3, 0.4) is 0 Å². The molecule has 1 fully saturated rings. The second-order valence-corrected chi connectivity index (χ2v) is 3.97. The molecule has 80 valence electrons. The van der Waals surface area contributed by atoms with Crippen molar-refractivity contribution in [3.8, 4) is 0 Å². The summed E-state index contributed by atoms with van der Waals surface area (Å²) >= 11 is 0. The summed E-state index contributed by atoms with van der Waals surface area (Å²) in [5, 5.41) is 5.61. The number of carbonyl (C=O) groups excluding carboxylic acids is 2. The third-order valence-corrected chi connectivity index (χ3v) is 2.25. The molecule has 1 heterocycles. The van der Waals surface area contributed by atoms with Crippen LogP contribution in [0.2, 0.25) is 0 Å². The highest BCUT2D eigenvalue weighted by molar-refractivity contribution is 6.06. The van der Waals surface area contributed by atoms with Crippen molar-refractivity contribution in [3.63, 3.8) is 0 Å². The maximum absolute atomic E-state index is 11.7. The van der Waals surface area contributed by atoms with Gasteiger partial charge < -0.3 is 10.6 Å². The number of amides is 3. The number of rotatable bonds is 4. The predicted molar refractivity (Wildman–Crippen MR) is 52.9 cm³/mol. The molecule has 0 saturated carbocycles. The van der Waals surface area contributed by atoms with E-state index >= 15 is 0 Å². The molecule has 2 N–H and O–H groups in total. The van der Waals surface area contributed by atoms with E-state index in [-0.39, 0.29) is 11.9 Å². The number of urea groups is 1. The normalized spacial score (nSPS) is 20.1. The van der Waals surface area contributed by atoms with Crippen molar-refractivity contribution in [3.05, 3.63) is 0 Å². The highest BCUT2D eigenvalue weighted by Gasteiger charge is 2.43. The number of nitrogens with zero attached hydrogens (tertiary/aromatic N) is 1. The summed E-state index contributed by atoms with van der Waals surface area (Å²) in [7, 11) is 1.84. The Labute approximate surface area is 83.8 Å². The first-order chi connectivity index (χ1) is 6.49. The second kappa shape index (κ2) is 3.96. The molecule has 0 bridgehead atoms. The van der Waals surface area contributed by atoms with E-state index in [1.807, 2.05) is 7.05 Å². The molecule has 1 saturated heterocycles. The predicted octanol–water partition coefficient (Wildman–Crippen LogP) is -0.0737. The van der Waals surface area contributed by atoms with E-state index in [4.69, 9.17) is 0 Å². The zero-order chi connectivity index (χ0) is 10.8. The van der Waals surface area contributed by atoms with Gasteiger partial charge in [-0.2, -0.15) is 0 Å². The van der Waals surface area contributed by atoms with E-state index in [1.54, 1.807) is 13.8 Å². The van der Waals surface area contributed by atoms with Crippen LogP contribution in [0.15, 0.2) is 0 Å². The SMILES string of the molecule is CNCCCN1C(=O)NC(C)(C)C1=O. The van der Waals surface area contributed by atoms with Crippen molar-refractivity contribution < 1.29 is 9.59 Å². The Morgan fingerprint density at radius 3 is 2.50 bits per heavy atom. The van der Waals surface area contributed by atoms with Crippen LogP contribution in [-0.4, -0.2) is 42.5 Å². The topological polar surface area (TPSA) is 61.4 Å². The molecule has 1 aliphatic heterocycles. The van der Waals surface area contributed by atoms with Crippen LogP contribution in [0.4, 0.5) is 4.79 Å². The van der Waals surface area contributed by atoms with Crippen LogP contribution < -0.4 is 10.6 Å². The average Bonchev–Trinajstić information content (AvgIpc) is 2.27. The van der Waals surface area contributed by atoms with Crippen molar-refractivity contribution in [1.29, 1.82) is 0 Å². The van der Waals surface area contributed by atoms with Gasteiger partial charge in [0.25, 0.3) is 5.91 Å². The standard InChI is InChI=1S/C9H17N3O2/c1-9(2)7(13)12(8(14)11-9)6-4-5-10-3/h10H,4-6H2,1-3H3,(H,11,14). The van der Waals surface area contributed by atoms with Gasteiger partial charge in [-0.3, -0.25) is 9.69 Å². The summed E-state index contributed by atoms with van der Waals surface area (Å²) in [5.74, 6) is -0.140. The number of carbonyl (C=O) groups is 2. The molecule has 0 aromatic carbocycles. The molecule has 0 aliphatic carbocycles. The fraction of sp³-hybridized carbons (Fsp3) is 0.778. The second-order valence-electron chi connectivity index (χ2n) is 3.97. The summed E-state index contributed by atoms with van der Waals surface area (Å²) in [6.45, 7) is 4.71. The fourth-order valence-electron chi connectivity index (χ4n) is 1.43. The van der Waals surface area contributed by atoms with Crippen LogP contribution in [-0.2, 0) is 4.79 Å². The van der Waals surface area contributed by atoms with Crippen LogP contribution in [0.25, 0.3) is 0 Å². The summed E-state index contributed by atoms with van der Waals surface area (Å²) in [5.41, 5.74) is -0.739. The molecule has 0 spiro atoms. The minimum Gasteiger partial charge on any atom is -0.324 e. The van der Waals surface area contributed by atoms with Crippen molar-refractivity contribution >= 4 is 11.9 Å². The maximum atomic E-state index is 11.7. The minimum absolute atomic E-state index is 0.140. The fourth-order valence-corrected chi connectivity index (χ4v) is 1.43. The quantitative estimate of drug-likeness (QED) is 0.492. The Balaban J connectivity index is 2.53. The molecule has 0 aromatic rings. The van der Waals surface area contributed by atoms with Gasteiger partial charge in [0, 0.05) is 6.54 Å². The monoisotopic (exact) mass is 199 g/mol. The van der Waals surface area contributed by atoms with E-state index in [0.717, 1.165) is 13.0 Å². The minimum atomic E-state index is -0.739. The van der Waals surface area contributed by atoms with Gasteiger partial charge >= 0.3 is 6.03 Å². The van der Waals surface area contributed by atoms with Crippen molar-refractivity contribution in [2.45, 2.75) is 25.8 Å². The lowest BCUT2D eigenvalue weighted by Gasteiger charge is -2.15. The van der Waals surface area contributed by atoms with Gasteiger partial charge in [-0.05, 0) is 33.9 Å². The molecule has 0 unspecified atom stereocenters.